The van der Waals surface area contributed by atoms with Crippen molar-refractivity contribution in [3.05, 3.63) is 82.3 Å². The highest BCUT2D eigenvalue weighted by Gasteiger charge is 2.26. The third-order valence-corrected chi connectivity index (χ3v) is 6.84. The van der Waals surface area contributed by atoms with Gasteiger partial charge in [0.25, 0.3) is 0 Å². The summed E-state index contributed by atoms with van der Waals surface area (Å²) in [5.41, 5.74) is 1.60. The van der Waals surface area contributed by atoms with Crippen LogP contribution in [-0.2, 0) is 16.1 Å². The molecule has 0 bridgehead atoms. The highest BCUT2D eigenvalue weighted by atomic mass is 32.1. The maximum atomic E-state index is 13.1. The average Bonchev–Trinajstić information content (AvgIpc) is 3.34. The van der Waals surface area contributed by atoms with Crippen LogP contribution < -0.4 is 15.4 Å². The van der Waals surface area contributed by atoms with E-state index < -0.39 is 6.04 Å². The highest BCUT2D eigenvalue weighted by molar-refractivity contribution is 7.09. The van der Waals surface area contributed by atoms with Crippen molar-refractivity contribution in [2.75, 3.05) is 6.61 Å². The number of amides is 2. The molecule has 7 heteroatoms. The molecule has 0 saturated heterocycles. The molecule has 1 fully saturated rings. The number of carbonyl (C=O) groups is 2. The lowest BCUT2D eigenvalue weighted by Crippen LogP contribution is -2.41. The quantitative estimate of drug-likeness (QED) is 0.461. The van der Waals surface area contributed by atoms with Gasteiger partial charge in [-0.15, -0.1) is 11.3 Å². The lowest BCUT2D eigenvalue weighted by molar-refractivity contribution is -0.129. The Morgan fingerprint density at radius 3 is 2.45 bits per heavy atom. The predicted octanol–water partition coefficient (Wildman–Crippen LogP) is 4.60. The van der Waals surface area contributed by atoms with Gasteiger partial charge in [0.05, 0.1) is 19.1 Å². The molecule has 0 unspecified atom stereocenters. The summed E-state index contributed by atoms with van der Waals surface area (Å²) in [6, 6.07) is 16.1. The molecule has 2 atom stereocenters. The molecule has 2 N–H and O–H groups in total. The third kappa shape index (κ3) is 6.20. The van der Waals surface area contributed by atoms with E-state index in [1.54, 1.807) is 6.20 Å². The van der Waals surface area contributed by atoms with E-state index in [4.69, 9.17) is 4.74 Å². The van der Waals surface area contributed by atoms with Gasteiger partial charge in [-0.2, -0.15) is 0 Å². The molecule has 2 aromatic carbocycles. The Morgan fingerprint density at radius 2 is 1.82 bits per heavy atom. The summed E-state index contributed by atoms with van der Waals surface area (Å²) in [6.45, 7) is 2.88. The van der Waals surface area contributed by atoms with Crippen LogP contribution in [0.3, 0.4) is 0 Å². The molecule has 0 spiro atoms. The summed E-state index contributed by atoms with van der Waals surface area (Å²) in [7, 11) is 0. The first-order chi connectivity index (χ1) is 16.1. The van der Waals surface area contributed by atoms with E-state index >= 15 is 0 Å². The summed E-state index contributed by atoms with van der Waals surface area (Å²) in [4.78, 5) is 30.3. The summed E-state index contributed by atoms with van der Waals surface area (Å²) in [6.07, 6.45) is 5.44. The van der Waals surface area contributed by atoms with Gasteiger partial charge in [-0.25, -0.2) is 4.98 Å². The Balaban J connectivity index is 1.46. The topological polar surface area (TPSA) is 80.3 Å². The molecule has 1 saturated carbocycles. The second-order valence-corrected chi connectivity index (χ2v) is 9.37. The first kappa shape index (κ1) is 23.0. The van der Waals surface area contributed by atoms with E-state index in [2.05, 4.69) is 15.6 Å². The fraction of sp³-hybridized carbons (Fsp3) is 0.346. The number of nitrogens with zero attached hydrogens (tertiary/aromatic N) is 1. The van der Waals surface area contributed by atoms with Crippen molar-refractivity contribution < 1.29 is 14.3 Å². The highest BCUT2D eigenvalue weighted by Crippen LogP contribution is 2.27. The van der Waals surface area contributed by atoms with E-state index in [-0.39, 0.29) is 17.7 Å². The van der Waals surface area contributed by atoms with Crippen LogP contribution in [0.1, 0.15) is 54.3 Å². The molecule has 1 aliphatic rings. The number of thiazole rings is 1. The zero-order valence-corrected chi connectivity index (χ0v) is 19.5. The molecule has 1 aromatic heterocycles. The van der Waals surface area contributed by atoms with Crippen molar-refractivity contribution in [1.82, 2.24) is 15.6 Å². The standard InChI is InChI=1S/C26H29N3O3S/c1-18(20-8-3-2-4-9-20)25(30)29-24(26(31)28-16-23-27-14-15-33-23)21-10-12-22(13-11-21)32-17-19-6-5-7-19/h2-4,8-15,18-19,24H,5-7,16-17H2,1H3,(H,28,31)(H,29,30)/t18-,24+/m0/s1. The molecule has 172 valence electrons. The molecule has 33 heavy (non-hydrogen) atoms. The fourth-order valence-electron chi connectivity index (χ4n) is 3.70. The SMILES string of the molecule is C[C@H](C(=O)N[C@@H](C(=O)NCc1nccs1)c1ccc(OCC2CCC2)cc1)c1ccccc1. The fourth-order valence-corrected chi connectivity index (χ4v) is 4.25. The number of carbonyl (C=O) groups excluding carboxylic acids is 2. The first-order valence-electron chi connectivity index (χ1n) is 11.3. The maximum absolute atomic E-state index is 13.1. The van der Waals surface area contributed by atoms with Crippen LogP contribution >= 0.6 is 11.3 Å². The van der Waals surface area contributed by atoms with Crippen molar-refractivity contribution in [1.29, 1.82) is 0 Å². The van der Waals surface area contributed by atoms with Crippen molar-refractivity contribution in [3.8, 4) is 5.75 Å². The lowest BCUT2D eigenvalue weighted by atomic mass is 9.86. The molecule has 0 aliphatic heterocycles. The van der Waals surface area contributed by atoms with Crippen LogP contribution in [0, 0.1) is 5.92 Å². The van der Waals surface area contributed by atoms with Gasteiger partial charge in [-0.3, -0.25) is 9.59 Å². The van der Waals surface area contributed by atoms with Gasteiger partial charge in [0, 0.05) is 11.6 Å². The second kappa shape index (κ2) is 11.1. The summed E-state index contributed by atoms with van der Waals surface area (Å²) in [5, 5.41) is 8.52. The van der Waals surface area contributed by atoms with Crippen LogP contribution in [0.15, 0.2) is 66.2 Å². The van der Waals surface area contributed by atoms with Crippen LogP contribution in [-0.4, -0.2) is 23.4 Å². The number of rotatable bonds is 10. The minimum absolute atomic E-state index is 0.207. The van der Waals surface area contributed by atoms with Gasteiger partial charge in [0.15, 0.2) is 0 Å². The van der Waals surface area contributed by atoms with E-state index in [1.165, 1.54) is 30.6 Å². The Morgan fingerprint density at radius 1 is 1.06 bits per heavy atom. The Labute approximate surface area is 198 Å². The van der Waals surface area contributed by atoms with Gasteiger partial charge >= 0.3 is 0 Å². The Hall–Kier alpha value is -3.19. The van der Waals surface area contributed by atoms with E-state index in [1.807, 2.05) is 66.9 Å². The van der Waals surface area contributed by atoms with Crippen molar-refractivity contribution in [2.24, 2.45) is 5.92 Å². The first-order valence-corrected chi connectivity index (χ1v) is 12.2. The van der Waals surface area contributed by atoms with Crippen LogP contribution in [0.2, 0.25) is 0 Å². The predicted molar refractivity (Wildman–Crippen MR) is 129 cm³/mol. The van der Waals surface area contributed by atoms with Crippen molar-refractivity contribution >= 4 is 23.2 Å². The Bertz CT molecular complexity index is 1030. The molecular formula is C26H29N3O3S. The monoisotopic (exact) mass is 463 g/mol. The second-order valence-electron chi connectivity index (χ2n) is 8.39. The molecule has 4 rings (SSSR count). The van der Waals surface area contributed by atoms with Crippen LogP contribution in [0.25, 0.3) is 0 Å². The number of hydrogen-bond donors (Lipinski definition) is 2. The number of ether oxygens (including phenoxy) is 1. The van der Waals surface area contributed by atoms with Crippen LogP contribution in [0.5, 0.6) is 5.75 Å². The number of aromatic nitrogens is 1. The molecule has 1 heterocycles. The minimum Gasteiger partial charge on any atom is -0.493 e. The van der Waals surface area contributed by atoms with Gasteiger partial charge in [0.2, 0.25) is 11.8 Å². The van der Waals surface area contributed by atoms with E-state index in [0.717, 1.165) is 22.9 Å². The van der Waals surface area contributed by atoms with Gasteiger partial charge in [-0.1, -0.05) is 48.9 Å². The number of hydrogen-bond acceptors (Lipinski definition) is 5. The molecular weight excluding hydrogens is 434 g/mol. The summed E-state index contributed by atoms with van der Waals surface area (Å²) in [5.74, 6) is 0.554. The smallest absolute Gasteiger partial charge is 0.247 e. The minimum atomic E-state index is -0.815. The largest absolute Gasteiger partial charge is 0.493 e. The third-order valence-electron chi connectivity index (χ3n) is 6.06. The summed E-state index contributed by atoms with van der Waals surface area (Å²) < 4.78 is 5.88. The zero-order valence-electron chi connectivity index (χ0n) is 18.7. The van der Waals surface area contributed by atoms with Crippen LogP contribution in [0.4, 0.5) is 0 Å². The zero-order chi connectivity index (χ0) is 23.0. The lowest BCUT2D eigenvalue weighted by Gasteiger charge is -2.25. The molecule has 3 aromatic rings. The van der Waals surface area contributed by atoms with Gasteiger partial charge < -0.3 is 15.4 Å². The maximum Gasteiger partial charge on any atom is 0.247 e. The Kier molecular flexibility index (Phi) is 7.73. The summed E-state index contributed by atoms with van der Waals surface area (Å²) >= 11 is 1.48. The van der Waals surface area contributed by atoms with Crippen molar-refractivity contribution in [2.45, 2.75) is 44.7 Å². The number of nitrogens with one attached hydrogen (secondary N) is 2. The van der Waals surface area contributed by atoms with E-state index in [9.17, 15) is 9.59 Å². The van der Waals surface area contributed by atoms with Crippen molar-refractivity contribution in [3.63, 3.8) is 0 Å². The molecule has 0 radical (unpaired) electrons. The number of benzene rings is 2. The molecule has 6 nitrogen and oxygen atoms in total. The molecule has 1 aliphatic carbocycles. The van der Waals surface area contributed by atoms with E-state index in [0.29, 0.717) is 18.0 Å². The average molecular weight is 464 g/mol. The van der Waals surface area contributed by atoms with Gasteiger partial charge in [0.1, 0.15) is 16.8 Å². The molecule has 2 amide bonds. The van der Waals surface area contributed by atoms with Gasteiger partial charge in [-0.05, 0) is 48.9 Å². The normalized spacial score (nSPS) is 15.2.